The Bertz CT molecular complexity index is 773. The Kier molecular flexibility index (Phi) is 6.54. The second kappa shape index (κ2) is 8.84. The van der Waals surface area contributed by atoms with E-state index in [9.17, 15) is 14.4 Å². The van der Waals surface area contributed by atoms with E-state index in [1.807, 2.05) is 0 Å². The molecule has 25 heavy (non-hydrogen) atoms. The summed E-state index contributed by atoms with van der Waals surface area (Å²) in [7, 11) is 0. The van der Waals surface area contributed by atoms with Crippen molar-refractivity contribution in [3.8, 4) is 5.75 Å². The highest BCUT2D eigenvalue weighted by Gasteiger charge is 2.09. The van der Waals surface area contributed by atoms with Crippen molar-refractivity contribution >= 4 is 34.9 Å². The number of esters is 1. The molecule has 0 aromatic heterocycles. The molecule has 1 amide bonds. The molecule has 0 aliphatic rings. The molecule has 7 heteroatoms. The molecule has 6 nitrogen and oxygen atoms in total. The van der Waals surface area contributed by atoms with Crippen LogP contribution in [0.15, 0.2) is 48.5 Å². The van der Waals surface area contributed by atoms with Crippen molar-refractivity contribution in [3.63, 3.8) is 0 Å². The number of anilines is 1. The van der Waals surface area contributed by atoms with Crippen LogP contribution in [-0.2, 0) is 14.3 Å². The van der Waals surface area contributed by atoms with Crippen LogP contribution in [0.3, 0.4) is 0 Å². The summed E-state index contributed by atoms with van der Waals surface area (Å²) in [4.78, 5) is 34.5. The molecule has 0 bridgehead atoms. The lowest BCUT2D eigenvalue weighted by Crippen LogP contribution is -2.23. The molecule has 0 spiro atoms. The van der Waals surface area contributed by atoms with Crippen molar-refractivity contribution in [2.24, 2.45) is 0 Å². The number of benzene rings is 2. The molecule has 0 heterocycles. The van der Waals surface area contributed by atoms with Crippen molar-refractivity contribution in [1.82, 2.24) is 0 Å². The van der Waals surface area contributed by atoms with Gasteiger partial charge in [-0.25, -0.2) is 4.79 Å². The Morgan fingerprint density at radius 1 is 1.04 bits per heavy atom. The fourth-order valence-corrected chi connectivity index (χ4v) is 2.07. The maximum absolute atomic E-state index is 11.7. The first kappa shape index (κ1) is 18.5. The van der Waals surface area contributed by atoms with Gasteiger partial charge in [-0.1, -0.05) is 17.7 Å². The van der Waals surface area contributed by atoms with Crippen molar-refractivity contribution < 1.29 is 23.9 Å². The van der Waals surface area contributed by atoms with Gasteiger partial charge in [-0.05, 0) is 49.4 Å². The number of nitrogens with one attached hydrogen (secondary N) is 1. The van der Waals surface area contributed by atoms with Crippen LogP contribution in [0.4, 0.5) is 5.69 Å². The third-order valence-electron chi connectivity index (χ3n) is 3.09. The maximum Gasteiger partial charge on any atom is 0.344 e. The number of amides is 1. The SMILES string of the molecule is CC(=O)c1ccc(OCC(=O)OCC(=O)Nc2cccc(Cl)c2)cc1. The predicted molar refractivity (Wildman–Crippen MR) is 93.0 cm³/mol. The molecule has 1 N–H and O–H groups in total. The van der Waals surface area contributed by atoms with Crippen LogP contribution in [0.5, 0.6) is 5.75 Å². The number of ketones is 1. The van der Waals surface area contributed by atoms with E-state index in [1.165, 1.54) is 6.92 Å². The van der Waals surface area contributed by atoms with Crippen molar-refractivity contribution in [1.29, 1.82) is 0 Å². The van der Waals surface area contributed by atoms with Gasteiger partial charge in [0.05, 0.1) is 0 Å². The Balaban J connectivity index is 1.73. The summed E-state index contributed by atoms with van der Waals surface area (Å²) in [6, 6.07) is 13.0. The number of hydrogen-bond donors (Lipinski definition) is 1. The van der Waals surface area contributed by atoms with Crippen LogP contribution in [0.1, 0.15) is 17.3 Å². The Morgan fingerprint density at radius 2 is 1.76 bits per heavy atom. The lowest BCUT2D eigenvalue weighted by atomic mass is 10.1. The van der Waals surface area contributed by atoms with Crippen LogP contribution in [0.2, 0.25) is 5.02 Å². The number of rotatable bonds is 7. The van der Waals surface area contributed by atoms with Crippen LogP contribution in [-0.4, -0.2) is 30.9 Å². The van der Waals surface area contributed by atoms with Gasteiger partial charge in [0.1, 0.15) is 5.75 Å². The molecule has 0 saturated carbocycles. The van der Waals surface area contributed by atoms with Gasteiger partial charge in [0.25, 0.3) is 5.91 Å². The zero-order valence-corrected chi connectivity index (χ0v) is 14.2. The van der Waals surface area contributed by atoms with Gasteiger partial charge in [0.15, 0.2) is 19.0 Å². The molecule has 0 radical (unpaired) electrons. The van der Waals surface area contributed by atoms with E-state index in [-0.39, 0.29) is 12.4 Å². The molecular weight excluding hydrogens is 346 g/mol. The van der Waals surface area contributed by atoms with E-state index < -0.39 is 18.5 Å². The van der Waals surface area contributed by atoms with E-state index in [0.717, 1.165) is 0 Å². The third kappa shape index (κ3) is 6.27. The molecule has 0 fully saturated rings. The lowest BCUT2D eigenvalue weighted by molar-refractivity contribution is -0.149. The molecular formula is C18H16ClNO5. The van der Waals surface area contributed by atoms with Crippen LogP contribution < -0.4 is 10.1 Å². The summed E-state index contributed by atoms with van der Waals surface area (Å²) in [6.07, 6.45) is 0. The van der Waals surface area contributed by atoms with Gasteiger partial charge in [0.2, 0.25) is 0 Å². The summed E-state index contributed by atoms with van der Waals surface area (Å²) < 4.78 is 10.1. The van der Waals surface area contributed by atoms with E-state index in [4.69, 9.17) is 21.1 Å². The quantitative estimate of drug-likeness (QED) is 0.605. The van der Waals surface area contributed by atoms with Crippen LogP contribution >= 0.6 is 11.6 Å². The van der Waals surface area contributed by atoms with Gasteiger partial charge >= 0.3 is 5.97 Å². The van der Waals surface area contributed by atoms with Crippen LogP contribution in [0, 0.1) is 0 Å². The first-order valence-electron chi connectivity index (χ1n) is 7.39. The molecule has 0 unspecified atom stereocenters. The fourth-order valence-electron chi connectivity index (χ4n) is 1.88. The van der Waals surface area contributed by atoms with E-state index in [0.29, 0.717) is 22.0 Å². The highest BCUT2D eigenvalue weighted by atomic mass is 35.5. The predicted octanol–water partition coefficient (Wildman–Crippen LogP) is 3.10. The second-order valence-corrected chi connectivity index (χ2v) is 5.52. The van der Waals surface area contributed by atoms with Gasteiger partial charge in [0, 0.05) is 16.3 Å². The topological polar surface area (TPSA) is 81.7 Å². The van der Waals surface area contributed by atoms with E-state index in [1.54, 1.807) is 48.5 Å². The van der Waals surface area contributed by atoms with Gasteiger partial charge in [-0.2, -0.15) is 0 Å². The molecule has 2 aromatic carbocycles. The van der Waals surface area contributed by atoms with Crippen LogP contribution in [0.25, 0.3) is 0 Å². The van der Waals surface area contributed by atoms with Gasteiger partial charge < -0.3 is 14.8 Å². The van der Waals surface area contributed by atoms with Crippen molar-refractivity contribution in [3.05, 3.63) is 59.1 Å². The zero-order valence-electron chi connectivity index (χ0n) is 13.5. The third-order valence-corrected chi connectivity index (χ3v) is 3.33. The summed E-state index contributed by atoms with van der Waals surface area (Å²) in [5.74, 6) is -0.805. The fraction of sp³-hybridized carbons (Fsp3) is 0.167. The Morgan fingerprint density at radius 3 is 2.40 bits per heavy atom. The monoisotopic (exact) mass is 361 g/mol. The van der Waals surface area contributed by atoms with E-state index >= 15 is 0 Å². The highest BCUT2D eigenvalue weighted by Crippen LogP contribution is 2.15. The number of ether oxygens (including phenoxy) is 2. The molecule has 2 rings (SSSR count). The number of carbonyl (C=O) groups excluding carboxylic acids is 3. The maximum atomic E-state index is 11.7. The number of carbonyl (C=O) groups is 3. The standard InChI is InChI=1S/C18H16ClNO5/c1-12(21)13-5-7-16(8-6-13)24-11-18(23)25-10-17(22)20-15-4-2-3-14(19)9-15/h2-9H,10-11H2,1H3,(H,20,22). The minimum absolute atomic E-state index is 0.0586. The minimum atomic E-state index is -0.683. The van der Waals surface area contributed by atoms with Crippen molar-refractivity contribution in [2.45, 2.75) is 6.92 Å². The molecule has 0 aliphatic carbocycles. The molecule has 130 valence electrons. The van der Waals surface area contributed by atoms with E-state index in [2.05, 4.69) is 5.32 Å². The molecule has 0 atom stereocenters. The summed E-state index contributed by atoms with van der Waals surface area (Å²) in [5.41, 5.74) is 1.06. The van der Waals surface area contributed by atoms with Gasteiger partial charge in [-0.3, -0.25) is 9.59 Å². The molecule has 2 aromatic rings. The zero-order chi connectivity index (χ0) is 18.2. The Hall–Kier alpha value is -2.86. The number of Topliss-reactive ketones (excluding diaryl/α,β-unsaturated/α-hetero) is 1. The minimum Gasteiger partial charge on any atom is -0.482 e. The molecule has 0 saturated heterocycles. The van der Waals surface area contributed by atoms with Crippen molar-refractivity contribution in [2.75, 3.05) is 18.5 Å². The lowest BCUT2D eigenvalue weighted by Gasteiger charge is -2.08. The largest absolute Gasteiger partial charge is 0.482 e. The second-order valence-electron chi connectivity index (χ2n) is 5.09. The molecule has 0 aliphatic heterocycles. The number of hydrogen-bond acceptors (Lipinski definition) is 5. The first-order valence-corrected chi connectivity index (χ1v) is 7.76. The van der Waals surface area contributed by atoms with Gasteiger partial charge in [-0.15, -0.1) is 0 Å². The summed E-state index contributed by atoms with van der Waals surface area (Å²) >= 11 is 5.81. The average Bonchev–Trinajstić information content (AvgIpc) is 2.58. The Labute approximate surface area is 149 Å². The average molecular weight is 362 g/mol. The summed E-state index contributed by atoms with van der Waals surface area (Å²) in [6.45, 7) is 0.684. The summed E-state index contributed by atoms with van der Waals surface area (Å²) in [5, 5.41) is 3.04. The normalized spacial score (nSPS) is 10.0. The first-order chi connectivity index (χ1) is 11.9. The number of halogens is 1. The smallest absolute Gasteiger partial charge is 0.344 e. The highest BCUT2D eigenvalue weighted by molar-refractivity contribution is 6.30.